The Morgan fingerprint density at radius 2 is 1.87 bits per heavy atom. The molecular weight excluding hydrogens is 190 g/mol. The zero-order valence-electron chi connectivity index (χ0n) is 9.53. The van der Waals surface area contributed by atoms with Crippen LogP contribution in [0, 0.1) is 6.92 Å². The molecule has 0 saturated heterocycles. The summed E-state index contributed by atoms with van der Waals surface area (Å²) in [4.78, 5) is 0. The Morgan fingerprint density at radius 1 is 1.27 bits per heavy atom. The Kier molecular flexibility index (Phi) is 4.59. The fourth-order valence-electron chi connectivity index (χ4n) is 1.31. The number of aliphatic hydroxyl groups is 1. The number of nitrogens with one attached hydrogen (secondary N) is 1. The highest BCUT2D eigenvalue weighted by Gasteiger charge is 2.06. The van der Waals surface area contributed by atoms with Crippen molar-refractivity contribution in [1.82, 2.24) is 5.32 Å². The first-order chi connectivity index (χ1) is 7.11. The molecule has 0 fully saturated rings. The van der Waals surface area contributed by atoms with Crippen LogP contribution in [-0.4, -0.2) is 24.0 Å². The fraction of sp³-hybridized carbons (Fsp3) is 0.500. The molecule has 1 aromatic carbocycles. The summed E-state index contributed by atoms with van der Waals surface area (Å²) < 4.78 is 5.62. The lowest BCUT2D eigenvalue weighted by atomic mass is 10.2. The van der Waals surface area contributed by atoms with Crippen molar-refractivity contribution in [1.29, 1.82) is 0 Å². The molecule has 0 aliphatic carbocycles. The van der Waals surface area contributed by atoms with Crippen molar-refractivity contribution in [2.75, 3.05) is 6.61 Å². The number of aliphatic hydroxyl groups excluding tert-OH is 1. The van der Waals surface area contributed by atoms with Gasteiger partial charge < -0.3 is 9.84 Å². The fourth-order valence-corrected chi connectivity index (χ4v) is 1.31. The predicted molar refractivity (Wildman–Crippen MR) is 61.0 cm³/mol. The van der Waals surface area contributed by atoms with Crippen LogP contribution in [0.3, 0.4) is 0 Å². The first-order valence-corrected chi connectivity index (χ1v) is 5.22. The van der Waals surface area contributed by atoms with E-state index in [0.29, 0.717) is 0 Å². The molecule has 2 N–H and O–H groups in total. The lowest BCUT2D eigenvalue weighted by Gasteiger charge is -2.19. The maximum Gasteiger partial charge on any atom is 0.147 e. The summed E-state index contributed by atoms with van der Waals surface area (Å²) in [6, 6.07) is 7.95. The number of rotatable bonds is 5. The third kappa shape index (κ3) is 4.32. The first kappa shape index (κ1) is 12.0. The predicted octanol–water partition coefficient (Wildman–Crippen LogP) is 1.69. The molecule has 0 spiro atoms. The van der Waals surface area contributed by atoms with Crippen LogP contribution in [0.25, 0.3) is 0 Å². The van der Waals surface area contributed by atoms with Gasteiger partial charge in [0.25, 0.3) is 0 Å². The summed E-state index contributed by atoms with van der Waals surface area (Å²) in [6.45, 7) is 5.99. The third-order valence-corrected chi connectivity index (χ3v) is 2.13. The number of benzene rings is 1. The van der Waals surface area contributed by atoms with Crippen LogP contribution in [0.15, 0.2) is 24.3 Å². The van der Waals surface area contributed by atoms with Crippen LogP contribution >= 0.6 is 0 Å². The highest BCUT2D eigenvalue weighted by molar-refractivity contribution is 5.26. The Bertz CT molecular complexity index is 284. The van der Waals surface area contributed by atoms with E-state index in [0.717, 1.165) is 5.75 Å². The van der Waals surface area contributed by atoms with Gasteiger partial charge in [-0.1, -0.05) is 17.7 Å². The molecule has 0 amide bonds. The van der Waals surface area contributed by atoms with Crippen molar-refractivity contribution in [3.05, 3.63) is 29.8 Å². The number of hydrogen-bond acceptors (Lipinski definition) is 3. The van der Waals surface area contributed by atoms with Gasteiger partial charge >= 0.3 is 0 Å². The molecule has 2 atom stereocenters. The Hall–Kier alpha value is -1.06. The molecule has 1 rings (SSSR count). The number of ether oxygens (including phenoxy) is 1. The summed E-state index contributed by atoms with van der Waals surface area (Å²) in [5.41, 5.74) is 1.21. The molecule has 0 radical (unpaired) electrons. The molecule has 0 heterocycles. The smallest absolute Gasteiger partial charge is 0.147 e. The van der Waals surface area contributed by atoms with Crippen molar-refractivity contribution in [3.63, 3.8) is 0 Å². The summed E-state index contributed by atoms with van der Waals surface area (Å²) >= 11 is 0. The Morgan fingerprint density at radius 3 is 2.40 bits per heavy atom. The van der Waals surface area contributed by atoms with Crippen LogP contribution in [0.4, 0.5) is 0 Å². The second kappa shape index (κ2) is 5.73. The second-order valence-electron chi connectivity index (χ2n) is 3.82. The lowest BCUT2D eigenvalue weighted by Crippen LogP contribution is -2.40. The topological polar surface area (TPSA) is 41.5 Å². The molecule has 0 aliphatic heterocycles. The maximum atomic E-state index is 8.87. The molecule has 15 heavy (non-hydrogen) atoms. The van der Waals surface area contributed by atoms with Crippen LogP contribution in [0.5, 0.6) is 5.75 Å². The van der Waals surface area contributed by atoms with Gasteiger partial charge in [-0.25, -0.2) is 0 Å². The van der Waals surface area contributed by atoms with Crippen molar-refractivity contribution in [2.24, 2.45) is 0 Å². The molecule has 0 aromatic heterocycles. The lowest BCUT2D eigenvalue weighted by molar-refractivity contribution is 0.144. The molecule has 3 nitrogen and oxygen atoms in total. The monoisotopic (exact) mass is 209 g/mol. The third-order valence-electron chi connectivity index (χ3n) is 2.13. The van der Waals surface area contributed by atoms with Crippen molar-refractivity contribution in [2.45, 2.75) is 33.0 Å². The van der Waals surface area contributed by atoms with Crippen LogP contribution < -0.4 is 10.1 Å². The minimum Gasteiger partial charge on any atom is -0.476 e. The molecule has 0 saturated carbocycles. The van der Waals surface area contributed by atoms with E-state index >= 15 is 0 Å². The zero-order valence-corrected chi connectivity index (χ0v) is 9.53. The minimum atomic E-state index is -0.102. The van der Waals surface area contributed by atoms with E-state index in [9.17, 15) is 0 Å². The van der Waals surface area contributed by atoms with Crippen molar-refractivity contribution in [3.8, 4) is 5.75 Å². The van der Waals surface area contributed by atoms with E-state index < -0.39 is 0 Å². The molecule has 0 bridgehead atoms. The van der Waals surface area contributed by atoms with E-state index in [1.807, 2.05) is 45.0 Å². The molecule has 0 aliphatic rings. The molecular formula is C12H19NO2. The van der Waals surface area contributed by atoms with Gasteiger partial charge in [0.15, 0.2) is 0 Å². The summed E-state index contributed by atoms with van der Waals surface area (Å²) in [5, 5.41) is 12.0. The summed E-state index contributed by atoms with van der Waals surface area (Å²) in [6.07, 6.45) is -0.102. The second-order valence-corrected chi connectivity index (χ2v) is 3.82. The minimum absolute atomic E-state index is 0.0467. The standard InChI is InChI=1S/C12H19NO2/c1-9-4-6-12(7-5-9)15-11(3)13-10(2)8-14/h4-7,10-11,13-14H,8H2,1-3H3. The SMILES string of the molecule is Cc1ccc(OC(C)NC(C)CO)cc1. The number of hydrogen-bond donors (Lipinski definition) is 2. The van der Waals surface area contributed by atoms with E-state index in [1.165, 1.54) is 5.56 Å². The van der Waals surface area contributed by atoms with Crippen molar-refractivity contribution < 1.29 is 9.84 Å². The van der Waals surface area contributed by atoms with E-state index in [2.05, 4.69) is 5.32 Å². The highest BCUT2D eigenvalue weighted by Crippen LogP contribution is 2.12. The Labute approximate surface area is 91.1 Å². The number of aryl methyl sites for hydroxylation is 1. The molecule has 1 aromatic rings. The zero-order chi connectivity index (χ0) is 11.3. The van der Waals surface area contributed by atoms with Gasteiger partial charge in [0, 0.05) is 6.04 Å². The van der Waals surface area contributed by atoms with Gasteiger partial charge in [-0.05, 0) is 32.9 Å². The van der Waals surface area contributed by atoms with E-state index in [1.54, 1.807) is 0 Å². The van der Waals surface area contributed by atoms with Gasteiger partial charge in [0.1, 0.15) is 12.0 Å². The van der Waals surface area contributed by atoms with Gasteiger partial charge in [-0.15, -0.1) is 0 Å². The molecule has 3 heteroatoms. The maximum absolute atomic E-state index is 8.87. The normalized spacial score (nSPS) is 14.7. The van der Waals surface area contributed by atoms with Crippen LogP contribution in [-0.2, 0) is 0 Å². The van der Waals surface area contributed by atoms with Gasteiger partial charge in [0.05, 0.1) is 6.61 Å². The van der Waals surface area contributed by atoms with Gasteiger partial charge in [-0.2, -0.15) is 0 Å². The summed E-state index contributed by atoms with van der Waals surface area (Å²) in [5.74, 6) is 0.839. The van der Waals surface area contributed by atoms with Crippen LogP contribution in [0.1, 0.15) is 19.4 Å². The average molecular weight is 209 g/mol. The van der Waals surface area contributed by atoms with Crippen molar-refractivity contribution >= 4 is 0 Å². The summed E-state index contributed by atoms with van der Waals surface area (Å²) in [7, 11) is 0. The Balaban J connectivity index is 2.44. The average Bonchev–Trinajstić information content (AvgIpc) is 2.21. The molecule has 84 valence electrons. The first-order valence-electron chi connectivity index (χ1n) is 5.22. The van der Waals surface area contributed by atoms with Crippen LogP contribution in [0.2, 0.25) is 0 Å². The largest absolute Gasteiger partial charge is 0.476 e. The molecule has 2 unspecified atom stereocenters. The van der Waals surface area contributed by atoms with E-state index in [-0.39, 0.29) is 18.9 Å². The highest BCUT2D eigenvalue weighted by atomic mass is 16.5. The van der Waals surface area contributed by atoms with Gasteiger partial charge in [0.2, 0.25) is 0 Å². The van der Waals surface area contributed by atoms with Gasteiger partial charge in [-0.3, -0.25) is 5.32 Å². The van der Waals surface area contributed by atoms with E-state index in [4.69, 9.17) is 9.84 Å². The quantitative estimate of drug-likeness (QED) is 0.725.